The van der Waals surface area contributed by atoms with Gasteiger partial charge < -0.3 is 14.5 Å². The Hall–Kier alpha value is -0.940. The summed E-state index contributed by atoms with van der Waals surface area (Å²) in [5.41, 5.74) is 0. The lowest BCUT2D eigenvalue weighted by atomic mass is 10.3. The van der Waals surface area contributed by atoms with Gasteiger partial charge in [0, 0.05) is 26.6 Å². The van der Waals surface area contributed by atoms with E-state index < -0.39 is 0 Å². The molecule has 5 heteroatoms. The van der Waals surface area contributed by atoms with Crippen LogP contribution in [0, 0.1) is 0 Å². The summed E-state index contributed by atoms with van der Waals surface area (Å²) in [6.45, 7) is 1.71. The zero-order chi connectivity index (χ0) is 10.9. The highest BCUT2D eigenvalue weighted by atomic mass is 16.5. The van der Waals surface area contributed by atoms with Gasteiger partial charge >= 0.3 is 0 Å². The lowest BCUT2D eigenvalue weighted by molar-refractivity contribution is 0.192. The van der Waals surface area contributed by atoms with E-state index in [1.807, 2.05) is 7.05 Å². The Bertz CT molecular complexity index is 238. The van der Waals surface area contributed by atoms with Gasteiger partial charge in [-0.2, -0.15) is 0 Å². The summed E-state index contributed by atoms with van der Waals surface area (Å²) in [4.78, 5) is 0. The summed E-state index contributed by atoms with van der Waals surface area (Å²) in [5, 5.41) is 11.0. The molecular weight excluding hydrogens is 194 g/mol. The largest absolute Gasteiger partial charge is 0.425 e. The summed E-state index contributed by atoms with van der Waals surface area (Å²) in [6, 6.07) is 0. The molecule has 1 rings (SSSR count). The SMILES string of the molecule is CNCCCc1nnc(CCCOC)o1. The molecule has 5 nitrogen and oxygen atoms in total. The number of hydrogen-bond acceptors (Lipinski definition) is 5. The second-order valence-corrected chi connectivity index (χ2v) is 3.39. The van der Waals surface area contributed by atoms with E-state index >= 15 is 0 Å². The zero-order valence-electron chi connectivity index (χ0n) is 9.45. The van der Waals surface area contributed by atoms with Crippen LogP contribution in [0.25, 0.3) is 0 Å². The lowest BCUT2D eigenvalue weighted by Crippen LogP contribution is -2.08. The Labute approximate surface area is 90.2 Å². The monoisotopic (exact) mass is 213 g/mol. The number of methoxy groups -OCH3 is 1. The molecule has 15 heavy (non-hydrogen) atoms. The minimum absolute atomic E-state index is 0.714. The Kier molecular flexibility index (Phi) is 5.96. The van der Waals surface area contributed by atoms with Crippen molar-refractivity contribution < 1.29 is 9.15 Å². The Morgan fingerprint density at radius 2 is 1.87 bits per heavy atom. The third-order valence-electron chi connectivity index (χ3n) is 2.07. The molecule has 0 unspecified atom stereocenters. The normalized spacial score (nSPS) is 10.8. The molecule has 1 heterocycles. The maximum atomic E-state index is 5.47. The highest BCUT2D eigenvalue weighted by Crippen LogP contribution is 2.04. The summed E-state index contributed by atoms with van der Waals surface area (Å²) < 4.78 is 10.4. The minimum atomic E-state index is 0.714. The molecule has 1 aromatic rings. The van der Waals surface area contributed by atoms with Gasteiger partial charge in [0.25, 0.3) is 0 Å². The molecule has 0 bridgehead atoms. The molecule has 0 atom stereocenters. The van der Waals surface area contributed by atoms with Crippen molar-refractivity contribution in [3.05, 3.63) is 11.8 Å². The van der Waals surface area contributed by atoms with Crippen LogP contribution in [0.2, 0.25) is 0 Å². The fraction of sp³-hybridized carbons (Fsp3) is 0.800. The topological polar surface area (TPSA) is 60.2 Å². The average molecular weight is 213 g/mol. The van der Waals surface area contributed by atoms with E-state index in [0.717, 1.165) is 44.7 Å². The molecule has 0 amide bonds. The van der Waals surface area contributed by atoms with Crippen LogP contribution in [-0.2, 0) is 17.6 Å². The molecule has 0 aliphatic carbocycles. The summed E-state index contributed by atoms with van der Waals surface area (Å²) >= 11 is 0. The number of rotatable bonds is 8. The number of nitrogens with one attached hydrogen (secondary N) is 1. The van der Waals surface area contributed by atoms with Crippen LogP contribution in [0.1, 0.15) is 24.6 Å². The maximum absolute atomic E-state index is 5.47. The predicted molar refractivity (Wildman–Crippen MR) is 56.7 cm³/mol. The quantitative estimate of drug-likeness (QED) is 0.647. The van der Waals surface area contributed by atoms with Crippen LogP contribution >= 0.6 is 0 Å². The van der Waals surface area contributed by atoms with Crippen LogP contribution in [-0.4, -0.2) is 37.5 Å². The Morgan fingerprint density at radius 1 is 1.20 bits per heavy atom. The van der Waals surface area contributed by atoms with E-state index in [1.54, 1.807) is 7.11 Å². The van der Waals surface area contributed by atoms with E-state index in [0.29, 0.717) is 5.89 Å². The fourth-order valence-electron chi connectivity index (χ4n) is 1.27. The smallest absolute Gasteiger partial charge is 0.216 e. The predicted octanol–water partition coefficient (Wildman–Crippen LogP) is 0.801. The first-order chi connectivity index (χ1) is 7.36. The van der Waals surface area contributed by atoms with Crippen molar-refractivity contribution in [1.29, 1.82) is 0 Å². The highest BCUT2D eigenvalue weighted by Gasteiger charge is 2.04. The van der Waals surface area contributed by atoms with Crippen LogP contribution in [0.5, 0.6) is 0 Å². The van der Waals surface area contributed by atoms with E-state index in [2.05, 4.69) is 15.5 Å². The first-order valence-corrected chi connectivity index (χ1v) is 5.31. The van der Waals surface area contributed by atoms with Crippen molar-refractivity contribution in [2.24, 2.45) is 0 Å². The summed E-state index contributed by atoms with van der Waals surface area (Å²) in [6.07, 6.45) is 3.59. The molecule has 0 radical (unpaired) electrons. The van der Waals surface area contributed by atoms with Crippen LogP contribution in [0.4, 0.5) is 0 Å². The van der Waals surface area contributed by atoms with Crippen molar-refractivity contribution in [2.75, 3.05) is 27.3 Å². The molecule has 0 aliphatic rings. The third-order valence-corrected chi connectivity index (χ3v) is 2.07. The van der Waals surface area contributed by atoms with Gasteiger partial charge in [-0.25, -0.2) is 0 Å². The van der Waals surface area contributed by atoms with Gasteiger partial charge in [-0.3, -0.25) is 0 Å². The second kappa shape index (κ2) is 7.36. The molecule has 0 saturated carbocycles. The van der Waals surface area contributed by atoms with E-state index in [-0.39, 0.29) is 0 Å². The molecule has 0 saturated heterocycles. The molecule has 1 N–H and O–H groups in total. The molecule has 86 valence electrons. The van der Waals surface area contributed by atoms with E-state index in [4.69, 9.17) is 9.15 Å². The van der Waals surface area contributed by atoms with Gasteiger partial charge in [-0.1, -0.05) is 0 Å². The van der Waals surface area contributed by atoms with Crippen LogP contribution in [0.15, 0.2) is 4.42 Å². The lowest BCUT2D eigenvalue weighted by Gasteiger charge is -1.95. The van der Waals surface area contributed by atoms with Crippen molar-refractivity contribution in [3.63, 3.8) is 0 Å². The van der Waals surface area contributed by atoms with Gasteiger partial charge in [0.1, 0.15) is 0 Å². The number of nitrogens with zero attached hydrogens (tertiary/aromatic N) is 2. The van der Waals surface area contributed by atoms with Crippen LogP contribution in [0.3, 0.4) is 0 Å². The minimum Gasteiger partial charge on any atom is -0.425 e. The summed E-state index contributed by atoms with van der Waals surface area (Å²) in [7, 11) is 3.63. The Balaban J connectivity index is 2.23. The molecule has 0 spiro atoms. The third kappa shape index (κ3) is 4.90. The average Bonchev–Trinajstić information content (AvgIpc) is 2.67. The number of ether oxygens (including phenoxy) is 1. The number of aryl methyl sites for hydroxylation is 2. The molecule has 0 fully saturated rings. The first kappa shape index (κ1) is 12.1. The van der Waals surface area contributed by atoms with Gasteiger partial charge in [0.15, 0.2) is 0 Å². The molecule has 0 aromatic carbocycles. The highest BCUT2D eigenvalue weighted by molar-refractivity contribution is 4.82. The van der Waals surface area contributed by atoms with E-state index in [9.17, 15) is 0 Å². The number of aromatic nitrogens is 2. The fourth-order valence-corrected chi connectivity index (χ4v) is 1.27. The zero-order valence-corrected chi connectivity index (χ0v) is 9.45. The van der Waals surface area contributed by atoms with Crippen molar-refractivity contribution in [3.8, 4) is 0 Å². The number of hydrogen-bond donors (Lipinski definition) is 1. The van der Waals surface area contributed by atoms with Crippen molar-refractivity contribution in [1.82, 2.24) is 15.5 Å². The molecule has 0 aliphatic heterocycles. The summed E-state index contributed by atoms with van der Waals surface area (Å²) in [5.74, 6) is 1.45. The standard InChI is InChI=1S/C10H19N3O2/c1-11-7-3-5-9-12-13-10(15-9)6-4-8-14-2/h11H,3-8H2,1-2H3. The van der Waals surface area contributed by atoms with E-state index in [1.165, 1.54) is 0 Å². The van der Waals surface area contributed by atoms with Gasteiger partial charge in [-0.05, 0) is 26.4 Å². The second-order valence-electron chi connectivity index (χ2n) is 3.39. The van der Waals surface area contributed by atoms with Crippen LogP contribution < -0.4 is 5.32 Å². The van der Waals surface area contributed by atoms with Gasteiger partial charge in [0.2, 0.25) is 11.8 Å². The molecule has 1 aromatic heterocycles. The molecular formula is C10H19N3O2. The maximum Gasteiger partial charge on any atom is 0.216 e. The first-order valence-electron chi connectivity index (χ1n) is 5.31. The van der Waals surface area contributed by atoms with Crippen molar-refractivity contribution in [2.45, 2.75) is 25.7 Å². The van der Waals surface area contributed by atoms with Gasteiger partial charge in [0.05, 0.1) is 0 Å². The van der Waals surface area contributed by atoms with Crippen molar-refractivity contribution >= 4 is 0 Å². The van der Waals surface area contributed by atoms with Gasteiger partial charge in [-0.15, -0.1) is 10.2 Å². The Morgan fingerprint density at radius 3 is 2.47 bits per heavy atom.